The number of nitrogens with zero attached hydrogens (tertiary/aromatic N) is 5. The van der Waals surface area contributed by atoms with E-state index in [0.717, 1.165) is 23.9 Å². The summed E-state index contributed by atoms with van der Waals surface area (Å²) >= 11 is 5.84. The highest BCUT2D eigenvalue weighted by atomic mass is 35.5. The van der Waals surface area contributed by atoms with Crippen molar-refractivity contribution >= 4 is 28.6 Å². The smallest absolute Gasteiger partial charge is 0.317 e. The van der Waals surface area contributed by atoms with Crippen molar-refractivity contribution in [3.05, 3.63) is 62.4 Å². The average Bonchev–Trinajstić information content (AvgIpc) is 2.68. The third-order valence-corrected chi connectivity index (χ3v) is 5.12. The van der Waals surface area contributed by atoms with Gasteiger partial charge in [0.15, 0.2) is 0 Å². The third kappa shape index (κ3) is 2.78. The summed E-state index contributed by atoms with van der Waals surface area (Å²) in [7, 11) is 1.64. The molecule has 8 heteroatoms. The molecule has 0 saturated carbocycles. The number of aryl methyl sites for hydroxylation is 1. The maximum absolute atomic E-state index is 12.7. The Morgan fingerprint density at radius 3 is 2.27 bits per heavy atom. The van der Waals surface area contributed by atoms with Crippen molar-refractivity contribution in [3.8, 4) is 0 Å². The summed E-state index contributed by atoms with van der Waals surface area (Å²) < 4.78 is 3.09. The summed E-state index contributed by atoms with van der Waals surface area (Å²) in [6.07, 6.45) is 4.63. The van der Waals surface area contributed by atoms with Crippen LogP contribution in [0.25, 0.3) is 11.0 Å². The Morgan fingerprint density at radius 1 is 1.00 bits per heavy atom. The zero-order chi connectivity index (χ0) is 18.3. The fourth-order valence-electron chi connectivity index (χ4n) is 3.57. The van der Waals surface area contributed by atoms with Gasteiger partial charge in [-0.05, 0) is 25.0 Å². The molecule has 3 heterocycles. The highest BCUT2D eigenvalue weighted by Crippen LogP contribution is 2.26. The van der Waals surface area contributed by atoms with E-state index in [1.807, 2.05) is 24.3 Å². The second kappa shape index (κ2) is 6.57. The first-order valence-corrected chi connectivity index (χ1v) is 8.87. The lowest BCUT2D eigenvalue weighted by molar-refractivity contribution is 0.391. The Morgan fingerprint density at radius 2 is 1.62 bits per heavy atom. The molecule has 0 N–H and O–H groups in total. The lowest BCUT2D eigenvalue weighted by Crippen LogP contribution is -2.45. The Bertz CT molecular complexity index is 1070. The number of rotatable bonds is 2. The minimum Gasteiger partial charge on any atom is -0.341 e. The summed E-state index contributed by atoms with van der Waals surface area (Å²) in [6, 6.07) is 7.50. The van der Waals surface area contributed by atoms with Crippen molar-refractivity contribution in [1.82, 2.24) is 19.1 Å². The molecule has 0 bridgehead atoms. The number of piperidine rings is 1. The van der Waals surface area contributed by atoms with E-state index in [-0.39, 0.29) is 6.04 Å². The molecular weight excluding hydrogens is 354 g/mol. The van der Waals surface area contributed by atoms with Gasteiger partial charge in [-0.1, -0.05) is 23.7 Å². The van der Waals surface area contributed by atoms with Crippen LogP contribution in [0.4, 0.5) is 5.95 Å². The normalized spacial score (nSPS) is 15.5. The molecule has 7 nitrogen and oxygen atoms in total. The second-order valence-corrected chi connectivity index (χ2v) is 6.88. The van der Waals surface area contributed by atoms with Crippen LogP contribution in [0.15, 0.2) is 46.2 Å². The largest absolute Gasteiger partial charge is 0.341 e. The topological polar surface area (TPSA) is 73.0 Å². The molecule has 0 aliphatic carbocycles. The van der Waals surface area contributed by atoms with Crippen molar-refractivity contribution in [2.75, 3.05) is 18.0 Å². The van der Waals surface area contributed by atoms with E-state index in [4.69, 9.17) is 11.6 Å². The first kappa shape index (κ1) is 16.8. The zero-order valence-electron chi connectivity index (χ0n) is 14.3. The lowest BCUT2D eigenvalue weighted by Gasteiger charge is -2.33. The van der Waals surface area contributed by atoms with Crippen LogP contribution >= 0.6 is 11.6 Å². The third-order valence-electron chi connectivity index (χ3n) is 4.93. The zero-order valence-corrected chi connectivity index (χ0v) is 15.1. The summed E-state index contributed by atoms with van der Waals surface area (Å²) in [5.74, 6) is 0.633. The molecule has 0 radical (unpaired) electrons. The Hall–Kier alpha value is -2.67. The number of aromatic nitrogens is 4. The molecule has 1 saturated heterocycles. The van der Waals surface area contributed by atoms with Gasteiger partial charge in [0.05, 0.1) is 28.4 Å². The van der Waals surface area contributed by atoms with Gasteiger partial charge in [-0.25, -0.2) is 9.97 Å². The minimum atomic E-state index is -0.493. The standard InChI is InChI=1S/C18H18ClN5O2/c1-22-14-4-2-3-5-15(14)24(17(26)16(22)25)13-6-8-23(9-7-13)18-20-10-12(19)11-21-18/h2-5,10-11,13H,6-9H2,1H3. The van der Waals surface area contributed by atoms with Crippen molar-refractivity contribution < 1.29 is 0 Å². The first-order valence-electron chi connectivity index (χ1n) is 8.49. The van der Waals surface area contributed by atoms with E-state index in [2.05, 4.69) is 14.9 Å². The second-order valence-electron chi connectivity index (χ2n) is 6.45. The van der Waals surface area contributed by atoms with Gasteiger partial charge >= 0.3 is 11.1 Å². The monoisotopic (exact) mass is 371 g/mol. The van der Waals surface area contributed by atoms with E-state index in [0.29, 0.717) is 24.1 Å². The fraction of sp³-hybridized carbons (Fsp3) is 0.333. The fourth-order valence-corrected chi connectivity index (χ4v) is 3.67. The maximum Gasteiger partial charge on any atom is 0.317 e. The molecule has 0 atom stereocenters. The van der Waals surface area contributed by atoms with Crippen LogP contribution in [0.2, 0.25) is 5.02 Å². The number of benzene rings is 1. The van der Waals surface area contributed by atoms with E-state index >= 15 is 0 Å². The molecule has 0 unspecified atom stereocenters. The lowest BCUT2D eigenvalue weighted by atomic mass is 10.0. The van der Waals surface area contributed by atoms with Gasteiger partial charge in [-0.2, -0.15) is 0 Å². The summed E-state index contributed by atoms with van der Waals surface area (Å²) in [5, 5.41) is 0.502. The van der Waals surface area contributed by atoms with Gasteiger partial charge in [-0.3, -0.25) is 14.2 Å². The molecule has 26 heavy (non-hydrogen) atoms. The Balaban J connectivity index is 1.67. The SMILES string of the molecule is Cn1c(=O)c(=O)n(C2CCN(c3ncc(Cl)cn3)CC2)c2ccccc21. The quantitative estimate of drug-likeness (QED) is 0.644. The highest BCUT2D eigenvalue weighted by Gasteiger charge is 2.25. The van der Waals surface area contributed by atoms with Gasteiger partial charge in [0, 0.05) is 26.2 Å². The van der Waals surface area contributed by atoms with E-state index < -0.39 is 11.1 Å². The molecule has 0 spiro atoms. The average molecular weight is 372 g/mol. The number of fused-ring (bicyclic) bond motifs is 1. The van der Waals surface area contributed by atoms with E-state index in [1.54, 1.807) is 24.0 Å². The van der Waals surface area contributed by atoms with Crippen LogP contribution in [0.1, 0.15) is 18.9 Å². The van der Waals surface area contributed by atoms with E-state index in [1.165, 1.54) is 4.57 Å². The molecule has 1 aromatic carbocycles. The minimum absolute atomic E-state index is 0.0233. The van der Waals surface area contributed by atoms with Gasteiger partial charge in [-0.15, -0.1) is 0 Å². The predicted octanol–water partition coefficient (Wildman–Crippen LogP) is 1.99. The van der Waals surface area contributed by atoms with Gasteiger partial charge in [0.1, 0.15) is 0 Å². The highest BCUT2D eigenvalue weighted by molar-refractivity contribution is 6.30. The van der Waals surface area contributed by atoms with Crippen LogP contribution in [-0.2, 0) is 7.05 Å². The number of hydrogen-bond acceptors (Lipinski definition) is 5. The summed E-state index contributed by atoms with van der Waals surface area (Å²) in [6.45, 7) is 1.42. The Kier molecular flexibility index (Phi) is 4.24. The molecule has 1 aliphatic rings. The van der Waals surface area contributed by atoms with Crippen LogP contribution in [-0.4, -0.2) is 32.2 Å². The van der Waals surface area contributed by atoms with E-state index in [9.17, 15) is 9.59 Å². The molecule has 1 aliphatic heterocycles. The van der Waals surface area contributed by atoms with Crippen molar-refractivity contribution in [3.63, 3.8) is 0 Å². The number of anilines is 1. The summed E-state index contributed by atoms with van der Waals surface area (Å²) in [5.41, 5.74) is 0.598. The van der Waals surface area contributed by atoms with Gasteiger partial charge in [0.2, 0.25) is 5.95 Å². The molecular formula is C18H18ClN5O2. The number of halogens is 1. The number of hydrogen-bond donors (Lipinski definition) is 0. The molecule has 0 amide bonds. The number of para-hydroxylation sites is 2. The van der Waals surface area contributed by atoms with Crippen LogP contribution in [0.5, 0.6) is 0 Å². The van der Waals surface area contributed by atoms with Crippen molar-refractivity contribution in [2.45, 2.75) is 18.9 Å². The molecule has 1 fully saturated rings. The van der Waals surface area contributed by atoms with Crippen LogP contribution in [0, 0.1) is 0 Å². The maximum atomic E-state index is 12.7. The van der Waals surface area contributed by atoms with Gasteiger partial charge < -0.3 is 9.47 Å². The first-order chi connectivity index (χ1) is 12.6. The van der Waals surface area contributed by atoms with Crippen molar-refractivity contribution in [2.24, 2.45) is 7.05 Å². The predicted molar refractivity (Wildman–Crippen MR) is 101 cm³/mol. The van der Waals surface area contributed by atoms with Crippen molar-refractivity contribution in [1.29, 1.82) is 0 Å². The summed E-state index contributed by atoms with van der Waals surface area (Å²) in [4.78, 5) is 35.6. The molecule has 3 aromatic rings. The molecule has 134 valence electrons. The van der Waals surface area contributed by atoms with Gasteiger partial charge in [0.25, 0.3) is 0 Å². The van der Waals surface area contributed by atoms with Crippen LogP contribution < -0.4 is 16.0 Å². The van der Waals surface area contributed by atoms with Crippen LogP contribution in [0.3, 0.4) is 0 Å². The Labute approximate surface area is 154 Å². The molecule has 4 rings (SSSR count). The molecule has 2 aromatic heterocycles.